The van der Waals surface area contributed by atoms with Crippen molar-refractivity contribution in [3.63, 3.8) is 0 Å². The van der Waals surface area contributed by atoms with E-state index in [1.54, 1.807) is 17.7 Å². The van der Waals surface area contributed by atoms with Gasteiger partial charge < -0.3 is 5.32 Å². The van der Waals surface area contributed by atoms with Gasteiger partial charge in [-0.2, -0.15) is 5.10 Å². The quantitative estimate of drug-likeness (QED) is 0.773. The lowest BCUT2D eigenvalue weighted by Gasteiger charge is -2.09. The van der Waals surface area contributed by atoms with Gasteiger partial charge >= 0.3 is 0 Å². The number of nitrogens with one attached hydrogen (secondary N) is 1. The van der Waals surface area contributed by atoms with E-state index in [0.29, 0.717) is 29.4 Å². The van der Waals surface area contributed by atoms with Crippen molar-refractivity contribution in [1.29, 1.82) is 0 Å². The van der Waals surface area contributed by atoms with Gasteiger partial charge in [0.2, 0.25) is 5.91 Å². The van der Waals surface area contributed by atoms with Gasteiger partial charge in [0.1, 0.15) is 5.15 Å². The molecule has 0 saturated carbocycles. The smallest absolute Gasteiger partial charge is 0.244 e. The Bertz CT molecular complexity index is 978. The summed E-state index contributed by atoms with van der Waals surface area (Å²) in [5.41, 5.74) is 3.48. The number of carbonyl (C=O) groups excluding carboxylic acids is 1. The summed E-state index contributed by atoms with van der Waals surface area (Å²) in [6, 6.07) is 7.69. The molecule has 0 unspecified atom stereocenters. The summed E-state index contributed by atoms with van der Waals surface area (Å²) in [4.78, 5) is 12.1. The first-order valence-corrected chi connectivity index (χ1v) is 10.9. The van der Waals surface area contributed by atoms with Crippen LogP contribution >= 0.6 is 11.6 Å². The van der Waals surface area contributed by atoms with Crippen molar-refractivity contribution in [2.75, 3.05) is 11.5 Å². The molecule has 1 amide bonds. The zero-order valence-corrected chi connectivity index (χ0v) is 16.8. The molecule has 2 heterocycles. The molecule has 0 bridgehead atoms. The van der Waals surface area contributed by atoms with Crippen LogP contribution in [0.1, 0.15) is 34.8 Å². The molecular formula is C19H22ClN3O3S. The summed E-state index contributed by atoms with van der Waals surface area (Å²) in [7, 11) is -3.03. The first-order valence-electron chi connectivity index (χ1n) is 8.71. The van der Waals surface area contributed by atoms with E-state index in [1.165, 1.54) is 11.6 Å². The molecule has 1 atom stereocenters. The van der Waals surface area contributed by atoms with Crippen molar-refractivity contribution in [2.45, 2.75) is 32.9 Å². The van der Waals surface area contributed by atoms with Crippen molar-refractivity contribution < 1.29 is 13.2 Å². The zero-order chi connectivity index (χ0) is 19.6. The molecule has 1 aliphatic rings. The zero-order valence-electron chi connectivity index (χ0n) is 15.3. The van der Waals surface area contributed by atoms with Crippen LogP contribution in [0.25, 0.3) is 6.08 Å². The first kappa shape index (κ1) is 19.6. The maximum atomic E-state index is 12.1. The fourth-order valence-electron chi connectivity index (χ4n) is 3.04. The molecule has 1 aromatic carbocycles. The molecule has 2 aromatic rings. The summed E-state index contributed by atoms with van der Waals surface area (Å²) < 4.78 is 24.9. The molecule has 1 N–H and O–H groups in total. The van der Waals surface area contributed by atoms with Crippen LogP contribution in [0, 0.1) is 13.8 Å². The number of hydrogen-bond acceptors (Lipinski definition) is 4. The predicted molar refractivity (Wildman–Crippen MR) is 106 cm³/mol. The summed E-state index contributed by atoms with van der Waals surface area (Å²) in [6.45, 7) is 4.24. The van der Waals surface area contributed by atoms with Gasteiger partial charge in [0.15, 0.2) is 9.84 Å². The number of nitrogens with zero attached hydrogens (tertiary/aromatic N) is 2. The fraction of sp³-hybridized carbons (Fsp3) is 0.368. The third-order valence-electron chi connectivity index (χ3n) is 4.61. The van der Waals surface area contributed by atoms with Crippen molar-refractivity contribution in [3.05, 3.63) is 57.9 Å². The number of sulfone groups is 1. The van der Waals surface area contributed by atoms with E-state index in [9.17, 15) is 13.2 Å². The van der Waals surface area contributed by atoms with Gasteiger partial charge in [-0.25, -0.2) is 13.1 Å². The largest absolute Gasteiger partial charge is 0.348 e. The molecule has 6 nitrogen and oxygen atoms in total. The highest BCUT2D eigenvalue weighted by Gasteiger charge is 2.31. The van der Waals surface area contributed by atoms with Crippen molar-refractivity contribution in [1.82, 2.24) is 15.1 Å². The summed E-state index contributed by atoms with van der Waals surface area (Å²) in [5.74, 6) is -0.0321. The van der Waals surface area contributed by atoms with Gasteiger partial charge in [-0.3, -0.25) is 4.79 Å². The van der Waals surface area contributed by atoms with E-state index in [1.807, 2.05) is 31.2 Å². The van der Waals surface area contributed by atoms with Gasteiger partial charge in [-0.15, -0.1) is 0 Å². The summed E-state index contributed by atoms with van der Waals surface area (Å²) in [5, 5.41) is 7.56. The highest BCUT2D eigenvalue weighted by atomic mass is 35.5. The maximum Gasteiger partial charge on any atom is 0.244 e. The molecule has 0 spiro atoms. The minimum absolute atomic E-state index is 0.0496. The number of aryl methyl sites for hydroxylation is 2. The molecule has 1 fully saturated rings. The second-order valence-electron chi connectivity index (χ2n) is 6.83. The Morgan fingerprint density at radius 3 is 2.67 bits per heavy atom. The molecule has 3 rings (SSSR count). The van der Waals surface area contributed by atoms with Gasteiger partial charge in [0.25, 0.3) is 0 Å². The molecule has 1 aliphatic heterocycles. The first-order chi connectivity index (χ1) is 12.7. The lowest BCUT2D eigenvalue weighted by molar-refractivity contribution is -0.116. The number of carbonyl (C=O) groups is 1. The lowest BCUT2D eigenvalue weighted by atomic mass is 10.1. The number of rotatable bonds is 5. The van der Waals surface area contributed by atoms with Crippen LogP contribution in [0.5, 0.6) is 0 Å². The number of aromatic nitrogens is 2. The third kappa shape index (κ3) is 4.78. The monoisotopic (exact) mass is 407 g/mol. The highest BCUT2D eigenvalue weighted by Crippen LogP contribution is 2.30. The Kier molecular flexibility index (Phi) is 5.72. The third-order valence-corrected chi connectivity index (χ3v) is 6.74. The van der Waals surface area contributed by atoms with E-state index >= 15 is 0 Å². The Morgan fingerprint density at radius 1 is 1.33 bits per heavy atom. The van der Waals surface area contributed by atoms with E-state index < -0.39 is 9.84 Å². The van der Waals surface area contributed by atoms with Gasteiger partial charge in [-0.1, -0.05) is 41.4 Å². The Labute approximate surface area is 164 Å². The second kappa shape index (κ2) is 7.86. The van der Waals surface area contributed by atoms with Crippen LogP contribution in [0.2, 0.25) is 5.15 Å². The fourth-order valence-corrected chi connectivity index (χ4v) is 5.11. The summed E-state index contributed by atoms with van der Waals surface area (Å²) in [6.07, 6.45) is 3.54. The van der Waals surface area contributed by atoms with Crippen LogP contribution < -0.4 is 5.32 Å². The van der Waals surface area contributed by atoms with E-state index in [0.717, 1.165) is 5.56 Å². The lowest BCUT2D eigenvalue weighted by Crippen LogP contribution is -2.20. The number of halogens is 1. The van der Waals surface area contributed by atoms with Gasteiger partial charge in [-0.05, 0) is 31.9 Å². The molecule has 8 heteroatoms. The van der Waals surface area contributed by atoms with Crippen LogP contribution in [-0.4, -0.2) is 35.6 Å². The van der Waals surface area contributed by atoms with Crippen LogP contribution in [-0.2, 0) is 21.2 Å². The normalized spacial score (nSPS) is 18.9. The second-order valence-corrected chi connectivity index (χ2v) is 9.41. The average molecular weight is 408 g/mol. The van der Waals surface area contributed by atoms with E-state index in [-0.39, 0.29) is 23.5 Å². The van der Waals surface area contributed by atoms with Crippen molar-refractivity contribution in [3.8, 4) is 0 Å². The number of benzene rings is 1. The number of amides is 1. The Hall–Kier alpha value is -2.12. The van der Waals surface area contributed by atoms with Crippen LogP contribution in [0.3, 0.4) is 0 Å². The molecule has 27 heavy (non-hydrogen) atoms. The average Bonchev–Trinajstić information content (AvgIpc) is 3.11. The van der Waals surface area contributed by atoms with E-state index in [2.05, 4.69) is 10.4 Å². The SMILES string of the molecule is Cc1ccc(CNC(=O)/C=C/c2c(C)nn([C@@H]3CCS(=O)(=O)C3)c2Cl)cc1. The minimum Gasteiger partial charge on any atom is -0.348 e. The molecule has 144 valence electrons. The van der Waals surface area contributed by atoms with Crippen LogP contribution in [0.4, 0.5) is 0 Å². The number of hydrogen-bond donors (Lipinski definition) is 1. The topological polar surface area (TPSA) is 81.1 Å². The Morgan fingerprint density at radius 2 is 2.04 bits per heavy atom. The van der Waals surface area contributed by atoms with Crippen molar-refractivity contribution in [2.24, 2.45) is 0 Å². The molecule has 0 radical (unpaired) electrons. The van der Waals surface area contributed by atoms with E-state index in [4.69, 9.17) is 11.6 Å². The summed E-state index contributed by atoms with van der Waals surface area (Å²) >= 11 is 6.40. The molecular weight excluding hydrogens is 386 g/mol. The molecule has 0 aliphatic carbocycles. The molecule has 1 aromatic heterocycles. The molecule has 1 saturated heterocycles. The van der Waals surface area contributed by atoms with Gasteiger partial charge in [0.05, 0.1) is 23.2 Å². The standard InChI is InChI=1S/C19H22ClN3O3S/c1-13-3-5-15(6-4-13)11-21-18(24)8-7-17-14(2)22-23(19(17)20)16-9-10-27(25,26)12-16/h3-8,16H,9-12H2,1-2H3,(H,21,24)/b8-7+/t16-/m1/s1. The van der Waals surface area contributed by atoms with Crippen LogP contribution in [0.15, 0.2) is 30.3 Å². The highest BCUT2D eigenvalue weighted by molar-refractivity contribution is 7.91. The Balaban J connectivity index is 1.66. The minimum atomic E-state index is -3.03. The predicted octanol–water partition coefficient (Wildman–Crippen LogP) is 2.84. The maximum absolute atomic E-state index is 12.1. The van der Waals surface area contributed by atoms with Gasteiger partial charge in [0, 0.05) is 18.2 Å². The van der Waals surface area contributed by atoms with Crippen molar-refractivity contribution >= 4 is 33.4 Å².